The molecule has 0 unspecified atom stereocenters. The molecule has 0 aliphatic heterocycles. The zero-order valence-corrected chi connectivity index (χ0v) is 26.9. The zero-order valence-electron chi connectivity index (χ0n) is 24.5. The van der Waals surface area contributed by atoms with E-state index in [0.29, 0.717) is 0 Å². The van der Waals surface area contributed by atoms with Crippen LogP contribution in [-0.2, 0) is 0 Å². The molecular weight excluding hydrogens is 619 g/mol. The molecule has 0 radical (unpaired) electrons. The smallest absolute Gasteiger partial charge is 0.103 e. The summed E-state index contributed by atoms with van der Waals surface area (Å²) in [6, 6.07) is 52.4. The van der Waals surface area contributed by atoms with Gasteiger partial charge in [0.1, 0.15) is 5.00 Å². The van der Waals surface area contributed by atoms with Crippen molar-refractivity contribution in [3.05, 3.63) is 151 Å². The molecule has 10 aromatic rings. The van der Waals surface area contributed by atoms with E-state index >= 15 is 0 Å². The van der Waals surface area contributed by atoms with Gasteiger partial charge in [0.05, 0.1) is 40.9 Å². The predicted molar refractivity (Wildman–Crippen MR) is 201 cm³/mol. The first-order valence-electron chi connectivity index (χ1n) is 15.3. The number of fused-ring (bicyclic) bond motifs is 8. The quantitative estimate of drug-likeness (QED) is 0.182. The summed E-state index contributed by atoms with van der Waals surface area (Å²) in [5, 5.41) is 5.94. The van der Waals surface area contributed by atoms with Crippen LogP contribution in [0.1, 0.15) is 0 Å². The lowest BCUT2D eigenvalue weighted by molar-refractivity contribution is 1.15. The minimum Gasteiger partial charge on any atom is -0.306 e. The monoisotopic (exact) mass is 643 g/mol. The van der Waals surface area contributed by atoms with Crippen LogP contribution in [0.25, 0.3) is 63.0 Å². The SMILES string of the molecule is c1ccc(N(c2ccccc2)c2cc3c(s2)c2sc4c5sccc5n(-c5ccc6ccccc6c5)c4c2n3-c2ccccc2)cc1. The van der Waals surface area contributed by atoms with Gasteiger partial charge in [0, 0.05) is 22.7 Å². The molecule has 0 amide bonds. The van der Waals surface area contributed by atoms with Gasteiger partial charge in [-0.25, -0.2) is 0 Å². The lowest BCUT2D eigenvalue weighted by Gasteiger charge is -2.23. The van der Waals surface area contributed by atoms with Crippen LogP contribution in [-0.4, -0.2) is 9.13 Å². The molecule has 5 aromatic carbocycles. The number of thiophene rings is 3. The minimum atomic E-state index is 1.15. The summed E-state index contributed by atoms with van der Waals surface area (Å²) in [6.45, 7) is 0. The van der Waals surface area contributed by atoms with Gasteiger partial charge in [0.2, 0.25) is 0 Å². The Balaban J connectivity index is 1.31. The Labute approximate surface area is 277 Å². The summed E-state index contributed by atoms with van der Waals surface area (Å²) < 4.78 is 10.4. The lowest BCUT2D eigenvalue weighted by atomic mass is 10.1. The van der Waals surface area contributed by atoms with Gasteiger partial charge in [-0.2, -0.15) is 0 Å². The third-order valence-electron chi connectivity index (χ3n) is 8.80. The van der Waals surface area contributed by atoms with Crippen molar-refractivity contribution in [2.75, 3.05) is 4.90 Å². The van der Waals surface area contributed by atoms with Crippen LogP contribution in [0, 0.1) is 0 Å². The predicted octanol–water partition coefficient (Wildman–Crippen LogP) is 12.7. The number of rotatable bonds is 5. The van der Waals surface area contributed by atoms with Gasteiger partial charge in [-0.15, -0.1) is 34.0 Å². The van der Waals surface area contributed by atoms with Gasteiger partial charge in [0.15, 0.2) is 0 Å². The summed E-state index contributed by atoms with van der Waals surface area (Å²) in [4.78, 5) is 2.38. The largest absolute Gasteiger partial charge is 0.306 e. The second-order valence-electron chi connectivity index (χ2n) is 11.4. The Morgan fingerprint density at radius 3 is 1.76 bits per heavy atom. The van der Waals surface area contributed by atoms with Crippen LogP contribution >= 0.6 is 34.0 Å². The van der Waals surface area contributed by atoms with Gasteiger partial charge in [-0.3, -0.25) is 0 Å². The highest BCUT2D eigenvalue weighted by molar-refractivity contribution is 7.34. The molecule has 3 nitrogen and oxygen atoms in total. The Morgan fingerprint density at radius 2 is 1.04 bits per heavy atom. The molecule has 10 rings (SSSR count). The van der Waals surface area contributed by atoms with Crippen molar-refractivity contribution in [1.29, 1.82) is 0 Å². The van der Waals surface area contributed by atoms with Crippen LogP contribution in [0.15, 0.2) is 151 Å². The highest BCUT2D eigenvalue weighted by atomic mass is 32.1. The van der Waals surface area contributed by atoms with Gasteiger partial charge in [0.25, 0.3) is 0 Å². The molecule has 5 aromatic heterocycles. The molecule has 0 bridgehead atoms. The van der Waals surface area contributed by atoms with E-state index < -0.39 is 0 Å². The van der Waals surface area contributed by atoms with Crippen molar-refractivity contribution in [3.8, 4) is 11.4 Å². The fourth-order valence-corrected chi connectivity index (χ4v) is 10.5. The molecule has 0 aliphatic rings. The summed E-state index contributed by atoms with van der Waals surface area (Å²) in [5.41, 5.74) is 9.75. The second kappa shape index (κ2) is 10.2. The molecule has 0 N–H and O–H groups in total. The summed E-state index contributed by atoms with van der Waals surface area (Å²) >= 11 is 5.66. The molecule has 0 saturated heterocycles. The van der Waals surface area contributed by atoms with Crippen molar-refractivity contribution in [2.45, 2.75) is 0 Å². The number of nitrogens with zero attached hydrogens (tertiary/aromatic N) is 3. The van der Waals surface area contributed by atoms with Crippen molar-refractivity contribution >= 4 is 102 Å². The maximum Gasteiger partial charge on any atom is 0.103 e. The topological polar surface area (TPSA) is 13.1 Å². The third kappa shape index (κ3) is 3.81. The minimum absolute atomic E-state index is 1.15. The van der Waals surface area contributed by atoms with E-state index in [2.05, 4.69) is 165 Å². The van der Waals surface area contributed by atoms with E-state index in [4.69, 9.17) is 0 Å². The van der Waals surface area contributed by atoms with Crippen molar-refractivity contribution in [3.63, 3.8) is 0 Å². The van der Waals surface area contributed by atoms with Crippen LogP contribution in [0.5, 0.6) is 0 Å². The summed E-state index contributed by atoms with van der Waals surface area (Å²) in [7, 11) is 0. The van der Waals surface area contributed by atoms with Crippen LogP contribution < -0.4 is 4.90 Å². The number of hydrogen-bond donors (Lipinski definition) is 0. The molecule has 6 heteroatoms. The molecule has 0 spiro atoms. The van der Waals surface area contributed by atoms with Crippen molar-refractivity contribution in [1.82, 2.24) is 9.13 Å². The fourth-order valence-electron chi connectivity index (χ4n) is 6.82. The molecule has 46 heavy (non-hydrogen) atoms. The Morgan fingerprint density at radius 1 is 0.435 bits per heavy atom. The fraction of sp³-hybridized carbons (Fsp3) is 0. The number of aromatic nitrogens is 2. The highest BCUT2D eigenvalue weighted by Gasteiger charge is 2.27. The molecule has 0 atom stereocenters. The van der Waals surface area contributed by atoms with E-state index in [1.54, 1.807) is 0 Å². The van der Waals surface area contributed by atoms with Gasteiger partial charge >= 0.3 is 0 Å². The summed E-state index contributed by atoms with van der Waals surface area (Å²) in [5.74, 6) is 0. The van der Waals surface area contributed by atoms with E-state index in [0.717, 1.165) is 11.4 Å². The van der Waals surface area contributed by atoms with E-state index in [1.165, 1.54) is 68.0 Å². The Bertz CT molecular complexity index is 2650. The first kappa shape index (κ1) is 26.1. The van der Waals surface area contributed by atoms with Crippen LogP contribution in [0.2, 0.25) is 0 Å². The van der Waals surface area contributed by atoms with Crippen LogP contribution in [0.4, 0.5) is 16.4 Å². The van der Waals surface area contributed by atoms with Gasteiger partial charge in [-0.05, 0) is 76.8 Å². The van der Waals surface area contributed by atoms with Gasteiger partial charge in [-0.1, -0.05) is 84.9 Å². The Kier molecular flexibility index (Phi) is 5.78. The van der Waals surface area contributed by atoms with E-state index in [9.17, 15) is 0 Å². The molecule has 218 valence electrons. The number of benzene rings is 5. The van der Waals surface area contributed by atoms with Crippen molar-refractivity contribution in [2.24, 2.45) is 0 Å². The third-order valence-corrected chi connectivity index (χ3v) is 12.3. The maximum atomic E-state index is 2.50. The van der Waals surface area contributed by atoms with Gasteiger partial charge < -0.3 is 14.0 Å². The number of anilines is 3. The Hall–Kier alpha value is -5.14. The summed E-state index contributed by atoms with van der Waals surface area (Å²) in [6.07, 6.45) is 0. The first-order valence-corrected chi connectivity index (χ1v) is 17.8. The first-order chi connectivity index (χ1) is 22.8. The molecular formula is C40H25N3S3. The van der Waals surface area contributed by atoms with Crippen molar-refractivity contribution < 1.29 is 0 Å². The lowest BCUT2D eigenvalue weighted by Crippen LogP contribution is -2.07. The molecule has 0 aliphatic carbocycles. The zero-order chi connectivity index (χ0) is 30.2. The number of hydrogen-bond acceptors (Lipinski definition) is 4. The van der Waals surface area contributed by atoms with E-state index in [-0.39, 0.29) is 0 Å². The maximum absolute atomic E-state index is 2.50. The second-order valence-corrected chi connectivity index (χ2v) is 14.4. The molecule has 5 heterocycles. The average Bonchev–Trinajstić information content (AvgIpc) is 3.92. The normalized spacial score (nSPS) is 11.9. The molecule has 0 fully saturated rings. The average molecular weight is 644 g/mol. The van der Waals surface area contributed by atoms with E-state index in [1.807, 2.05) is 34.0 Å². The standard InChI is InChI=1S/C40H25N3S3/c1-4-14-28(15-5-1)41(29-16-6-2-7-17-29)34-25-33-38(45-34)40-36(42(33)30-18-8-3-9-19-30)35-39(46-40)37-32(22-23-44-37)43(35)31-21-20-26-12-10-11-13-27(26)24-31/h1-25H. The number of para-hydroxylation sites is 3. The van der Waals surface area contributed by atoms with Crippen LogP contribution in [0.3, 0.4) is 0 Å². The highest BCUT2D eigenvalue weighted by Crippen LogP contribution is 2.52. The molecule has 0 saturated carbocycles.